The summed E-state index contributed by atoms with van der Waals surface area (Å²) in [5.74, 6) is -0.0370. The Morgan fingerprint density at radius 1 is 1.33 bits per heavy atom. The Bertz CT molecular complexity index is 753. The molecule has 0 atom stereocenters. The molecule has 1 aliphatic rings. The predicted octanol–water partition coefficient (Wildman–Crippen LogP) is 3.98. The summed E-state index contributed by atoms with van der Waals surface area (Å²) in [7, 11) is 0. The Balaban J connectivity index is 1.56. The third-order valence-electron chi connectivity index (χ3n) is 4.51. The van der Waals surface area contributed by atoms with Gasteiger partial charge in [0.25, 0.3) is 5.91 Å². The first kappa shape index (κ1) is 17.1. The van der Waals surface area contributed by atoms with Crippen LogP contribution in [0.5, 0.6) is 0 Å². The molecule has 5 heteroatoms. The number of nitrogens with one attached hydrogen (secondary N) is 2. The first-order valence-electron chi connectivity index (χ1n) is 8.46. The number of aromatic amines is 1. The number of aromatic nitrogens is 1. The summed E-state index contributed by atoms with van der Waals surface area (Å²) in [6, 6.07) is 7.73. The Morgan fingerprint density at radius 2 is 2.08 bits per heavy atom. The van der Waals surface area contributed by atoms with Crippen LogP contribution in [-0.2, 0) is 0 Å². The van der Waals surface area contributed by atoms with Crippen molar-refractivity contribution < 1.29 is 4.79 Å². The molecule has 0 spiro atoms. The second kappa shape index (κ2) is 7.41. The fourth-order valence-corrected chi connectivity index (χ4v) is 3.23. The lowest BCUT2D eigenvalue weighted by Gasteiger charge is -2.31. The zero-order chi connectivity index (χ0) is 17.1. The maximum atomic E-state index is 12.5. The van der Waals surface area contributed by atoms with Gasteiger partial charge in [-0.1, -0.05) is 29.3 Å². The second-order valence-electron chi connectivity index (χ2n) is 6.74. The molecule has 1 saturated heterocycles. The summed E-state index contributed by atoms with van der Waals surface area (Å²) in [5, 5.41) is 4.82. The highest BCUT2D eigenvalue weighted by Crippen LogP contribution is 2.20. The van der Waals surface area contributed by atoms with E-state index < -0.39 is 0 Å². The number of halogens is 1. The van der Waals surface area contributed by atoms with Crippen LogP contribution in [0.1, 0.15) is 37.2 Å². The SMILES string of the molecule is CC(C)=CCN1CCC(NC(=O)c2cc3ccc(Cl)cc3[nH]2)CC1. The Hall–Kier alpha value is -1.78. The van der Waals surface area contributed by atoms with E-state index in [0.717, 1.165) is 43.4 Å². The number of carbonyl (C=O) groups is 1. The third-order valence-corrected chi connectivity index (χ3v) is 4.74. The largest absolute Gasteiger partial charge is 0.350 e. The lowest BCUT2D eigenvalue weighted by Crippen LogP contribution is -2.44. The fourth-order valence-electron chi connectivity index (χ4n) is 3.06. The van der Waals surface area contributed by atoms with E-state index in [4.69, 9.17) is 11.6 Å². The minimum atomic E-state index is -0.0370. The molecule has 0 radical (unpaired) electrons. The van der Waals surface area contributed by atoms with E-state index in [1.54, 1.807) is 0 Å². The lowest BCUT2D eigenvalue weighted by molar-refractivity contribution is 0.0910. The van der Waals surface area contributed by atoms with Crippen molar-refractivity contribution in [3.05, 3.63) is 46.6 Å². The van der Waals surface area contributed by atoms with Gasteiger partial charge in [-0.05, 0) is 44.9 Å². The number of carbonyl (C=O) groups excluding carboxylic acids is 1. The van der Waals surface area contributed by atoms with E-state index in [2.05, 4.69) is 35.1 Å². The number of piperidine rings is 1. The second-order valence-corrected chi connectivity index (χ2v) is 7.18. The van der Waals surface area contributed by atoms with Crippen molar-refractivity contribution in [1.29, 1.82) is 0 Å². The topological polar surface area (TPSA) is 48.1 Å². The molecule has 4 nitrogen and oxygen atoms in total. The summed E-state index contributed by atoms with van der Waals surface area (Å²) in [6.45, 7) is 7.31. The van der Waals surface area contributed by atoms with Gasteiger partial charge in [0.05, 0.1) is 0 Å². The van der Waals surface area contributed by atoms with Crippen molar-refractivity contribution in [3.63, 3.8) is 0 Å². The molecule has 1 aromatic carbocycles. The zero-order valence-corrected chi connectivity index (χ0v) is 15.0. The van der Waals surface area contributed by atoms with Gasteiger partial charge in [-0.25, -0.2) is 0 Å². The number of rotatable bonds is 4. The molecule has 1 amide bonds. The Labute approximate surface area is 147 Å². The van der Waals surface area contributed by atoms with E-state index in [1.807, 2.05) is 24.3 Å². The van der Waals surface area contributed by atoms with Crippen LogP contribution in [0.2, 0.25) is 5.02 Å². The van der Waals surface area contributed by atoms with Crippen LogP contribution in [0, 0.1) is 0 Å². The van der Waals surface area contributed by atoms with Gasteiger partial charge in [0.15, 0.2) is 0 Å². The molecule has 1 aliphatic heterocycles. The molecule has 2 N–H and O–H groups in total. The molecule has 3 rings (SSSR count). The van der Waals surface area contributed by atoms with Crippen molar-refractivity contribution in [2.24, 2.45) is 0 Å². The highest BCUT2D eigenvalue weighted by Gasteiger charge is 2.21. The van der Waals surface area contributed by atoms with E-state index in [0.29, 0.717) is 10.7 Å². The van der Waals surface area contributed by atoms with Crippen LogP contribution >= 0.6 is 11.6 Å². The van der Waals surface area contributed by atoms with E-state index in [1.165, 1.54) is 5.57 Å². The van der Waals surface area contributed by atoms with Crippen molar-refractivity contribution in [2.75, 3.05) is 19.6 Å². The molecular weight excluding hydrogens is 322 g/mol. The molecule has 24 heavy (non-hydrogen) atoms. The van der Waals surface area contributed by atoms with Gasteiger partial charge in [-0.2, -0.15) is 0 Å². The van der Waals surface area contributed by atoms with E-state index in [9.17, 15) is 4.79 Å². The van der Waals surface area contributed by atoms with Crippen LogP contribution in [-0.4, -0.2) is 41.5 Å². The third kappa shape index (κ3) is 4.19. The Kier molecular flexibility index (Phi) is 5.27. The minimum Gasteiger partial charge on any atom is -0.350 e. The number of benzene rings is 1. The summed E-state index contributed by atoms with van der Waals surface area (Å²) < 4.78 is 0. The highest BCUT2D eigenvalue weighted by molar-refractivity contribution is 6.31. The molecule has 2 heterocycles. The van der Waals surface area contributed by atoms with Crippen LogP contribution in [0.15, 0.2) is 35.9 Å². The van der Waals surface area contributed by atoms with Crippen LogP contribution in [0.25, 0.3) is 10.9 Å². The number of allylic oxidation sites excluding steroid dienone is 1. The number of fused-ring (bicyclic) bond motifs is 1. The van der Waals surface area contributed by atoms with Gasteiger partial charge in [-0.15, -0.1) is 0 Å². The molecule has 0 aliphatic carbocycles. The van der Waals surface area contributed by atoms with Crippen molar-refractivity contribution in [1.82, 2.24) is 15.2 Å². The van der Waals surface area contributed by atoms with Crippen LogP contribution in [0.4, 0.5) is 0 Å². The minimum absolute atomic E-state index is 0.0370. The number of hydrogen-bond acceptors (Lipinski definition) is 2. The molecule has 1 aromatic heterocycles. The molecule has 0 unspecified atom stereocenters. The number of nitrogens with zero attached hydrogens (tertiary/aromatic N) is 1. The maximum absolute atomic E-state index is 12.5. The molecule has 1 fully saturated rings. The van der Waals surface area contributed by atoms with Gasteiger partial charge < -0.3 is 10.3 Å². The number of likely N-dealkylation sites (tertiary alicyclic amines) is 1. The molecule has 128 valence electrons. The number of amides is 1. The number of H-pyrrole nitrogens is 1. The average Bonchev–Trinajstić information content (AvgIpc) is 2.97. The first-order chi connectivity index (χ1) is 11.5. The lowest BCUT2D eigenvalue weighted by atomic mass is 10.0. The maximum Gasteiger partial charge on any atom is 0.267 e. The van der Waals surface area contributed by atoms with Crippen molar-refractivity contribution >= 4 is 28.4 Å². The molecular formula is C19H24ClN3O. The Morgan fingerprint density at radius 3 is 2.79 bits per heavy atom. The smallest absolute Gasteiger partial charge is 0.267 e. The van der Waals surface area contributed by atoms with E-state index >= 15 is 0 Å². The normalized spacial score (nSPS) is 16.3. The number of hydrogen-bond donors (Lipinski definition) is 2. The fraction of sp³-hybridized carbons (Fsp3) is 0.421. The molecule has 0 saturated carbocycles. The monoisotopic (exact) mass is 345 g/mol. The summed E-state index contributed by atoms with van der Waals surface area (Å²) in [4.78, 5) is 18.0. The van der Waals surface area contributed by atoms with Gasteiger partial charge in [0, 0.05) is 41.6 Å². The molecule has 2 aromatic rings. The van der Waals surface area contributed by atoms with Gasteiger partial charge in [0.2, 0.25) is 0 Å². The van der Waals surface area contributed by atoms with E-state index in [-0.39, 0.29) is 11.9 Å². The van der Waals surface area contributed by atoms with Crippen LogP contribution in [0.3, 0.4) is 0 Å². The zero-order valence-electron chi connectivity index (χ0n) is 14.2. The highest BCUT2D eigenvalue weighted by atomic mass is 35.5. The molecule has 0 bridgehead atoms. The van der Waals surface area contributed by atoms with Gasteiger partial charge >= 0.3 is 0 Å². The first-order valence-corrected chi connectivity index (χ1v) is 8.84. The predicted molar refractivity (Wildman–Crippen MR) is 99.7 cm³/mol. The van der Waals surface area contributed by atoms with Gasteiger partial charge in [0.1, 0.15) is 5.69 Å². The quantitative estimate of drug-likeness (QED) is 0.823. The standard InChI is InChI=1S/C19H24ClN3O/c1-13(2)5-8-23-9-6-16(7-10-23)21-19(24)18-11-14-3-4-15(20)12-17(14)22-18/h3-5,11-12,16,22H,6-10H2,1-2H3,(H,21,24). The summed E-state index contributed by atoms with van der Waals surface area (Å²) >= 11 is 5.99. The van der Waals surface area contributed by atoms with Gasteiger partial charge in [-0.3, -0.25) is 9.69 Å². The summed E-state index contributed by atoms with van der Waals surface area (Å²) in [5.41, 5.74) is 2.84. The van der Waals surface area contributed by atoms with Crippen molar-refractivity contribution in [3.8, 4) is 0 Å². The summed E-state index contributed by atoms with van der Waals surface area (Å²) in [6.07, 6.45) is 4.25. The van der Waals surface area contributed by atoms with Crippen molar-refractivity contribution in [2.45, 2.75) is 32.7 Å². The average molecular weight is 346 g/mol. The van der Waals surface area contributed by atoms with Crippen LogP contribution < -0.4 is 5.32 Å².